The third-order valence-electron chi connectivity index (χ3n) is 4.04. The SMILES string of the molecule is Cc1c(CN(C)C(=O)c2cc(-c3ccc(Cl)cc3)n[nH]2)cnn1C. The average molecular weight is 344 g/mol. The first-order valence-corrected chi connectivity index (χ1v) is 7.88. The molecule has 2 aromatic heterocycles. The highest BCUT2D eigenvalue weighted by molar-refractivity contribution is 6.30. The van der Waals surface area contributed by atoms with Gasteiger partial charge in [0.05, 0.1) is 11.9 Å². The van der Waals surface area contributed by atoms with Gasteiger partial charge in [0.15, 0.2) is 0 Å². The second-order valence-corrected chi connectivity index (χ2v) is 6.15. The van der Waals surface area contributed by atoms with Gasteiger partial charge in [-0.15, -0.1) is 0 Å². The van der Waals surface area contributed by atoms with Crippen molar-refractivity contribution in [3.05, 3.63) is 58.5 Å². The van der Waals surface area contributed by atoms with Crippen LogP contribution in [-0.2, 0) is 13.6 Å². The highest BCUT2D eigenvalue weighted by Crippen LogP contribution is 2.21. The molecule has 24 heavy (non-hydrogen) atoms. The van der Waals surface area contributed by atoms with Crippen LogP contribution in [0.25, 0.3) is 11.3 Å². The lowest BCUT2D eigenvalue weighted by atomic mass is 10.1. The van der Waals surface area contributed by atoms with Gasteiger partial charge < -0.3 is 4.90 Å². The summed E-state index contributed by atoms with van der Waals surface area (Å²) in [5, 5.41) is 11.9. The van der Waals surface area contributed by atoms with E-state index in [1.807, 2.05) is 26.1 Å². The maximum atomic E-state index is 12.6. The Bertz CT molecular complexity index is 865. The Morgan fingerprint density at radius 3 is 2.67 bits per heavy atom. The summed E-state index contributed by atoms with van der Waals surface area (Å²) in [6, 6.07) is 9.08. The van der Waals surface area contributed by atoms with E-state index in [0.29, 0.717) is 23.0 Å². The van der Waals surface area contributed by atoms with Crippen LogP contribution in [0.1, 0.15) is 21.7 Å². The third-order valence-corrected chi connectivity index (χ3v) is 4.29. The zero-order valence-corrected chi connectivity index (χ0v) is 14.5. The van der Waals surface area contributed by atoms with Gasteiger partial charge in [0, 0.05) is 42.5 Å². The molecule has 7 heteroatoms. The quantitative estimate of drug-likeness (QED) is 0.791. The van der Waals surface area contributed by atoms with Gasteiger partial charge in [0.25, 0.3) is 5.91 Å². The number of H-pyrrole nitrogens is 1. The molecule has 3 rings (SSSR count). The van der Waals surface area contributed by atoms with Gasteiger partial charge >= 0.3 is 0 Å². The minimum absolute atomic E-state index is 0.119. The van der Waals surface area contributed by atoms with Crippen molar-refractivity contribution in [1.82, 2.24) is 24.9 Å². The van der Waals surface area contributed by atoms with Crippen LogP contribution in [0, 0.1) is 6.92 Å². The normalized spacial score (nSPS) is 10.8. The molecule has 124 valence electrons. The first kappa shape index (κ1) is 16.3. The Labute approximate surface area is 145 Å². The highest BCUT2D eigenvalue weighted by atomic mass is 35.5. The van der Waals surface area contributed by atoms with E-state index in [9.17, 15) is 4.79 Å². The van der Waals surface area contributed by atoms with Crippen molar-refractivity contribution >= 4 is 17.5 Å². The van der Waals surface area contributed by atoms with Crippen molar-refractivity contribution in [1.29, 1.82) is 0 Å². The molecule has 0 spiro atoms. The number of benzene rings is 1. The largest absolute Gasteiger partial charge is 0.336 e. The number of aromatic amines is 1. The molecule has 1 amide bonds. The van der Waals surface area contributed by atoms with E-state index >= 15 is 0 Å². The number of amides is 1. The molecule has 6 nitrogen and oxygen atoms in total. The fourth-order valence-corrected chi connectivity index (χ4v) is 2.56. The van der Waals surface area contributed by atoms with Crippen molar-refractivity contribution in [2.45, 2.75) is 13.5 Å². The number of nitrogens with zero attached hydrogens (tertiary/aromatic N) is 4. The second kappa shape index (κ2) is 6.49. The van der Waals surface area contributed by atoms with Gasteiger partial charge in [-0.2, -0.15) is 10.2 Å². The summed E-state index contributed by atoms with van der Waals surface area (Å²) in [5.41, 5.74) is 4.12. The Morgan fingerprint density at radius 1 is 1.33 bits per heavy atom. The summed E-state index contributed by atoms with van der Waals surface area (Å²) in [4.78, 5) is 14.2. The summed E-state index contributed by atoms with van der Waals surface area (Å²) < 4.78 is 1.79. The minimum Gasteiger partial charge on any atom is -0.336 e. The number of carbonyl (C=O) groups is 1. The molecule has 0 saturated heterocycles. The highest BCUT2D eigenvalue weighted by Gasteiger charge is 2.17. The lowest BCUT2D eigenvalue weighted by molar-refractivity contribution is 0.0779. The standard InChI is InChI=1S/C17H18ClN5O/c1-11-13(9-19-23(11)3)10-22(2)17(24)16-8-15(20-21-16)12-4-6-14(18)7-5-12/h4-9H,10H2,1-3H3,(H,20,21). The van der Waals surface area contributed by atoms with Gasteiger partial charge in [0.2, 0.25) is 0 Å². The molecule has 3 aromatic rings. The molecule has 0 radical (unpaired) electrons. The first-order chi connectivity index (χ1) is 11.5. The third kappa shape index (κ3) is 3.19. The van der Waals surface area contributed by atoms with E-state index < -0.39 is 0 Å². The van der Waals surface area contributed by atoms with Gasteiger partial charge in [-0.25, -0.2) is 0 Å². The van der Waals surface area contributed by atoms with E-state index in [-0.39, 0.29) is 5.91 Å². The molecule has 0 atom stereocenters. The number of hydrogen-bond donors (Lipinski definition) is 1. The van der Waals surface area contributed by atoms with E-state index in [1.54, 1.807) is 41.0 Å². The molecule has 0 saturated carbocycles. The smallest absolute Gasteiger partial charge is 0.271 e. The van der Waals surface area contributed by atoms with Crippen molar-refractivity contribution in [2.24, 2.45) is 7.05 Å². The molecule has 1 N–H and O–H groups in total. The van der Waals surface area contributed by atoms with Crippen molar-refractivity contribution in [2.75, 3.05) is 7.05 Å². The summed E-state index contributed by atoms with van der Waals surface area (Å²) in [6.07, 6.45) is 1.78. The zero-order valence-electron chi connectivity index (χ0n) is 13.7. The van der Waals surface area contributed by atoms with Gasteiger partial charge in [-0.1, -0.05) is 23.7 Å². The van der Waals surface area contributed by atoms with Crippen molar-refractivity contribution in [3.63, 3.8) is 0 Å². The Hall–Kier alpha value is -2.60. The van der Waals surface area contributed by atoms with E-state index in [2.05, 4.69) is 15.3 Å². The molecule has 0 aliphatic carbocycles. The molecular weight excluding hydrogens is 326 g/mol. The molecule has 2 heterocycles. The van der Waals surface area contributed by atoms with Crippen LogP contribution >= 0.6 is 11.6 Å². The molecular formula is C17H18ClN5O. The number of hydrogen-bond acceptors (Lipinski definition) is 3. The van der Waals surface area contributed by atoms with Crippen LogP contribution in [-0.4, -0.2) is 37.8 Å². The Balaban J connectivity index is 1.75. The number of rotatable bonds is 4. The predicted octanol–water partition coefficient (Wildman–Crippen LogP) is 3.04. The number of aryl methyl sites for hydroxylation is 1. The predicted molar refractivity (Wildman–Crippen MR) is 92.8 cm³/mol. The van der Waals surface area contributed by atoms with Crippen LogP contribution in [0.5, 0.6) is 0 Å². The zero-order chi connectivity index (χ0) is 17.3. The van der Waals surface area contributed by atoms with Crippen LogP contribution in [0.4, 0.5) is 0 Å². The maximum absolute atomic E-state index is 12.6. The summed E-state index contributed by atoms with van der Waals surface area (Å²) >= 11 is 5.89. The van der Waals surface area contributed by atoms with Crippen LogP contribution in [0.2, 0.25) is 5.02 Å². The van der Waals surface area contributed by atoms with Gasteiger partial charge in [0.1, 0.15) is 5.69 Å². The second-order valence-electron chi connectivity index (χ2n) is 5.71. The van der Waals surface area contributed by atoms with Gasteiger partial charge in [-0.05, 0) is 25.1 Å². The maximum Gasteiger partial charge on any atom is 0.271 e. The lowest BCUT2D eigenvalue weighted by Crippen LogP contribution is -2.26. The summed E-state index contributed by atoms with van der Waals surface area (Å²) in [5.74, 6) is -0.119. The molecule has 0 aliphatic heterocycles. The Morgan fingerprint density at radius 2 is 2.04 bits per heavy atom. The fraction of sp³-hybridized carbons (Fsp3) is 0.235. The number of nitrogens with one attached hydrogen (secondary N) is 1. The minimum atomic E-state index is -0.119. The number of halogens is 1. The molecule has 0 unspecified atom stereocenters. The van der Waals surface area contributed by atoms with Crippen LogP contribution in [0.15, 0.2) is 36.5 Å². The molecule has 0 bridgehead atoms. The fourth-order valence-electron chi connectivity index (χ4n) is 2.43. The topological polar surface area (TPSA) is 66.8 Å². The van der Waals surface area contributed by atoms with Crippen LogP contribution < -0.4 is 0 Å². The Kier molecular flexibility index (Phi) is 4.40. The molecule has 0 fully saturated rings. The van der Waals surface area contributed by atoms with Crippen molar-refractivity contribution in [3.8, 4) is 11.3 Å². The van der Waals surface area contributed by atoms with Crippen LogP contribution in [0.3, 0.4) is 0 Å². The number of carbonyl (C=O) groups excluding carboxylic acids is 1. The average Bonchev–Trinajstić information content (AvgIpc) is 3.17. The van der Waals surface area contributed by atoms with E-state index in [4.69, 9.17) is 11.6 Å². The van der Waals surface area contributed by atoms with E-state index in [1.165, 1.54) is 0 Å². The van der Waals surface area contributed by atoms with Crippen molar-refractivity contribution < 1.29 is 4.79 Å². The monoisotopic (exact) mass is 343 g/mol. The summed E-state index contributed by atoms with van der Waals surface area (Å²) in [7, 11) is 3.64. The molecule has 0 aliphatic rings. The summed E-state index contributed by atoms with van der Waals surface area (Å²) in [6.45, 7) is 2.48. The molecule has 1 aromatic carbocycles. The lowest BCUT2D eigenvalue weighted by Gasteiger charge is -2.15. The van der Waals surface area contributed by atoms with E-state index in [0.717, 1.165) is 16.8 Å². The first-order valence-electron chi connectivity index (χ1n) is 7.50. The number of aromatic nitrogens is 4. The van der Waals surface area contributed by atoms with Gasteiger partial charge in [-0.3, -0.25) is 14.6 Å².